The number of rotatable bonds is 5. The van der Waals surface area contributed by atoms with Crippen LogP contribution in [-0.4, -0.2) is 37.2 Å². The van der Waals surface area contributed by atoms with Crippen molar-refractivity contribution in [2.45, 2.75) is 30.7 Å². The molecule has 142 valence electrons. The number of aryl methyl sites for hydroxylation is 1. The van der Waals surface area contributed by atoms with Crippen molar-refractivity contribution in [3.63, 3.8) is 0 Å². The average molecular weight is 408 g/mol. The number of amides is 1. The molecule has 0 N–H and O–H groups in total. The summed E-state index contributed by atoms with van der Waals surface area (Å²) >= 11 is 5.87. The van der Waals surface area contributed by atoms with Gasteiger partial charge in [-0.05, 0) is 43.7 Å². The molecule has 3 rings (SSSR count). The van der Waals surface area contributed by atoms with Crippen molar-refractivity contribution in [3.8, 4) is 0 Å². The summed E-state index contributed by atoms with van der Waals surface area (Å²) in [4.78, 5) is 25.2. The molecular formula is C19H18ClNO5S. The van der Waals surface area contributed by atoms with Crippen LogP contribution in [-0.2, 0) is 24.3 Å². The highest BCUT2D eigenvalue weighted by atomic mass is 35.5. The molecule has 2 atom stereocenters. The fourth-order valence-electron chi connectivity index (χ4n) is 3.01. The molecule has 0 unspecified atom stereocenters. The number of ether oxygens (including phenoxy) is 1. The molecule has 0 saturated carbocycles. The SMILES string of the molecule is CCOC(=O)[C@H]1[C@@H](c2ccc(Cl)cc2)C(=O)N1S(=O)(=O)c1ccc(C)cc1. The van der Waals surface area contributed by atoms with Crippen LogP contribution in [0.1, 0.15) is 24.0 Å². The number of halogens is 1. The lowest BCUT2D eigenvalue weighted by atomic mass is 9.84. The molecule has 1 aliphatic heterocycles. The minimum Gasteiger partial charge on any atom is -0.464 e. The van der Waals surface area contributed by atoms with Crippen LogP contribution in [0.25, 0.3) is 0 Å². The van der Waals surface area contributed by atoms with E-state index in [0.717, 1.165) is 5.56 Å². The molecule has 1 aliphatic rings. The molecule has 1 amide bonds. The number of hydrogen-bond donors (Lipinski definition) is 0. The standard InChI is InChI=1S/C19H18ClNO5S/c1-3-26-19(23)17-16(13-6-8-14(20)9-7-13)18(22)21(17)27(24,25)15-10-4-12(2)5-11-15/h4-11,16-17H,3H2,1-2H3/t16-,17-/m1/s1. The molecule has 6 nitrogen and oxygen atoms in total. The molecule has 8 heteroatoms. The van der Waals surface area contributed by atoms with Gasteiger partial charge in [0.2, 0.25) is 5.91 Å². The van der Waals surface area contributed by atoms with Crippen molar-refractivity contribution >= 4 is 33.5 Å². The number of carbonyl (C=O) groups is 2. The topological polar surface area (TPSA) is 80.8 Å². The maximum atomic E-state index is 13.0. The second-order valence-electron chi connectivity index (χ2n) is 6.18. The largest absolute Gasteiger partial charge is 0.464 e. The molecule has 27 heavy (non-hydrogen) atoms. The summed E-state index contributed by atoms with van der Waals surface area (Å²) in [5, 5.41) is 0.474. The molecule has 0 radical (unpaired) electrons. The van der Waals surface area contributed by atoms with Gasteiger partial charge in [-0.2, -0.15) is 0 Å². The van der Waals surface area contributed by atoms with Crippen LogP contribution in [0.3, 0.4) is 0 Å². The molecule has 0 spiro atoms. The number of nitrogens with zero attached hydrogens (tertiary/aromatic N) is 1. The van der Waals surface area contributed by atoms with Gasteiger partial charge in [0.1, 0.15) is 0 Å². The predicted molar refractivity (Wildman–Crippen MR) is 99.8 cm³/mol. The van der Waals surface area contributed by atoms with Crippen molar-refractivity contribution in [1.82, 2.24) is 4.31 Å². The summed E-state index contributed by atoms with van der Waals surface area (Å²) in [5.41, 5.74) is 1.39. The third-order valence-electron chi connectivity index (χ3n) is 4.39. The molecular weight excluding hydrogens is 390 g/mol. The Hall–Kier alpha value is -2.38. The Labute approximate surface area is 162 Å². The van der Waals surface area contributed by atoms with E-state index in [1.54, 1.807) is 43.3 Å². The third-order valence-corrected chi connectivity index (χ3v) is 6.43. The molecule has 1 heterocycles. The normalized spacial score (nSPS) is 19.5. The fraction of sp³-hybridized carbons (Fsp3) is 0.263. The Bertz CT molecular complexity index is 970. The predicted octanol–water partition coefficient (Wildman–Crippen LogP) is 2.89. The van der Waals surface area contributed by atoms with E-state index >= 15 is 0 Å². The summed E-state index contributed by atoms with van der Waals surface area (Å²) in [5.74, 6) is -2.36. The number of sulfonamides is 1. The van der Waals surface area contributed by atoms with E-state index in [1.165, 1.54) is 12.1 Å². The van der Waals surface area contributed by atoms with Crippen LogP contribution < -0.4 is 0 Å². The van der Waals surface area contributed by atoms with Crippen LogP contribution in [0, 0.1) is 6.92 Å². The van der Waals surface area contributed by atoms with E-state index in [2.05, 4.69) is 0 Å². The maximum Gasteiger partial charge on any atom is 0.331 e. The second kappa shape index (κ2) is 7.32. The summed E-state index contributed by atoms with van der Waals surface area (Å²) in [7, 11) is -4.17. The highest BCUT2D eigenvalue weighted by molar-refractivity contribution is 7.89. The van der Waals surface area contributed by atoms with E-state index in [4.69, 9.17) is 16.3 Å². The van der Waals surface area contributed by atoms with Crippen LogP contribution in [0.5, 0.6) is 0 Å². The minimum atomic E-state index is -4.17. The lowest BCUT2D eigenvalue weighted by Crippen LogP contribution is -2.64. The molecule has 0 bridgehead atoms. The van der Waals surface area contributed by atoms with Crippen LogP contribution in [0.2, 0.25) is 5.02 Å². The second-order valence-corrected chi connectivity index (χ2v) is 8.43. The Balaban J connectivity index is 2.01. The first kappa shape index (κ1) is 19.4. The highest BCUT2D eigenvalue weighted by Crippen LogP contribution is 2.40. The van der Waals surface area contributed by atoms with Gasteiger partial charge < -0.3 is 4.74 Å². The molecule has 2 aromatic rings. The van der Waals surface area contributed by atoms with Gasteiger partial charge >= 0.3 is 5.97 Å². The summed E-state index contributed by atoms with van der Waals surface area (Å²) in [6, 6.07) is 11.2. The van der Waals surface area contributed by atoms with E-state index < -0.39 is 33.9 Å². The van der Waals surface area contributed by atoms with Crippen molar-refractivity contribution < 1.29 is 22.7 Å². The van der Waals surface area contributed by atoms with Gasteiger partial charge in [-0.3, -0.25) is 4.79 Å². The Morgan fingerprint density at radius 3 is 2.26 bits per heavy atom. The van der Waals surface area contributed by atoms with Crippen molar-refractivity contribution in [1.29, 1.82) is 0 Å². The van der Waals surface area contributed by atoms with E-state index in [0.29, 0.717) is 14.9 Å². The molecule has 0 aromatic heterocycles. The summed E-state index contributed by atoms with van der Waals surface area (Å²) < 4.78 is 31.6. The monoisotopic (exact) mass is 407 g/mol. The summed E-state index contributed by atoms with van der Waals surface area (Å²) in [6.07, 6.45) is 0. The van der Waals surface area contributed by atoms with Gasteiger partial charge in [-0.1, -0.05) is 41.4 Å². The first-order chi connectivity index (χ1) is 12.8. The molecule has 1 saturated heterocycles. The maximum absolute atomic E-state index is 13.0. The third kappa shape index (κ3) is 3.44. The van der Waals surface area contributed by atoms with E-state index in [9.17, 15) is 18.0 Å². The van der Waals surface area contributed by atoms with Crippen LogP contribution >= 0.6 is 11.6 Å². The van der Waals surface area contributed by atoms with Gasteiger partial charge in [0.25, 0.3) is 10.0 Å². The Morgan fingerprint density at radius 1 is 1.11 bits per heavy atom. The first-order valence-corrected chi connectivity index (χ1v) is 10.2. The average Bonchev–Trinajstić information content (AvgIpc) is 2.61. The molecule has 2 aromatic carbocycles. The zero-order chi connectivity index (χ0) is 19.8. The van der Waals surface area contributed by atoms with Crippen LogP contribution in [0.15, 0.2) is 53.4 Å². The zero-order valence-electron chi connectivity index (χ0n) is 14.8. The number of esters is 1. The van der Waals surface area contributed by atoms with Gasteiger partial charge in [0.05, 0.1) is 17.4 Å². The number of carbonyl (C=O) groups excluding carboxylic acids is 2. The molecule has 1 fully saturated rings. The number of hydrogen-bond acceptors (Lipinski definition) is 5. The van der Waals surface area contributed by atoms with Gasteiger partial charge in [0.15, 0.2) is 6.04 Å². The Morgan fingerprint density at radius 2 is 1.70 bits per heavy atom. The lowest BCUT2D eigenvalue weighted by molar-refractivity contribution is -0.162. The summed E-state index contributed by atoms with van der Waals surface area (Å²) in [6.45, 7) is 3.52. The van der Waals surface area contributed by atoms with Gasteiger partial charge in [0, 0.05) is 5.02 Å². The Kier molecular flexibility index (Phi) is 5.26. The minimum absolute atomic E-state index is 0.0506. The smallest absolute Gasteiger partial charge is 0.331 e. The molecule has 0 aliphatic carbocycles. The zero-order valence-corrected chi connectivity index (χ0v) is 16.3. The van der Waals surface area contributed by atoms with Crippen LogP contribution in [0.4, 0.5) is 0 Å². The number of benzene rings is 2. The first-order valence-electron chi connectivity index (χ1n) is 8.34. The highest BCUT2D eigenvalue weighted by Gasteiger charge is 2.58. The van der Waals surface area contributed by atoms with E-state index in [-0.39, 0.29) is 11.5 Å². The fourth-order valence-corrected chi connectivity index (χ4v) is 4.70. The van der Waals surface area contributed by atoms with Crippen molar-refractivity contribution in [2.75, 3.05) is 6.61 Å². The van der Waals surface area contributed by atoms with Crippen molar-refractivity contribution in [2.24, 2.45) is 0 Å². The lowest BCUT2D eigenvalue weighted by Gasteiger charge is -2.44. The van der Waals surface area contributed by atoms with Gasteiger partial charge in [-0.15, -0.1) is 0 Å². The van der Waals surface area contributed by atoms with Crippen molar-refractivity contribution in [3.05, 3.63) is 64.7 Å². The van der Waals surface area contributed by atoms with Gasteiger partial charge in [-0.25, -0.2) is 17.5 Å². The quantitative estimate of drug-likeness (QED) is 0.562. The van der Waals surface area contributed by atoms with E-state index in [1.807, 2.05) is 6.92 Å². The number of β-lactam (4-membered cyclic amide) rings is 1.